The average Bonchev–Trinajstić information content (AvgIpc) is 3.55. The molecule has 1 heterocycles. The third-order valence-corrected chi connectivity index (χ3v) is 7.05. The number of hydrogen-bond acceptors (Lipinski definition) is 3. The molecule has 31 heavy (non-hydrogen) atoms. The van der Waals surface area contributed by atoms with E-state index >= 15 is 0 Å². The summed E-state index contributed by atoms with van der Waals surface area (Å²) in [6.45, 7) is 3.21. The van der Waals surface area contributed by atoms with E-state index in [2.05, 4.69) is 70.9 Å². The number of nitrogens with zero attached hydrogens (tertiary/aromatic N) is 1. The van der Waals surface area contributed by atoms with E-state index in [1.54, 1.807) is 17.4 Å². The highest BCUT2D eigenvalue weighted by Gasteiger charge is 2.23. The molecule has 1 aromatic heterocycles. The van der Waals surface area contributed by atoms with Crippen LogP contribution in [0.25, 0.3) is 10.1 Å². The molecule has 1 aliphatic carbocycles. The van der Waals surface area contributed by atoms with E-state index in [1.165, 1.54) is 28.8 Å². The zero-order chi connectivity index (χ0) is 21.0. The van der Waals surface area contributed by atoms with Gasteiger partial charge in [0.05, 0.1) is 0 Å². The number of thiophene rings is 1. The van der Waals surface area contributed by atoms with E-state index in [4.69, 9.17) is 0 Å². The first-order valence-corrected chi connectivity index (χ1v) is 11.8. The molecule has 1 saturated carbocycles. The number of benzene rings is 3. The van der Waals surface area contributed by atoms with Crippen molar-refractivity contribution in [2.45, 2.75) is 45.1 Å². The fourth-order valence-electron chi connectivity index (χ4n) is 4.13. The SMILES string of the molecule is Fc1cccc2sc(CNC3CC3)c(CN(Cc3ccccc3)Cc3ccccc3)c12. The van der Waals surface area contributed by atoms with Crippen LogP contribution < -0.4 is 5.32 Å². The van der Waals surface area contributed by atoms with Crippen LogP contribution in [0.2, 0.25) is 0 Å². The molecule has 1 fully saturated rings. The van der Waals surface area contributed by atoms with Crippen LogP contribution in [0.5, 0.6) is 0 Å². The summed E-state index contributed by atoms with van der Waals surface area (Å²) >= 11 is 1.73. The Morgan fingerprint density at radius 2 is 1.45 bits per heavy atom. The van der Waals surface area contributed by atoms with Gasteiger partial charge < -0.3 is 5.32 Å². The molecule has 0 atom stereocenters. The van der Waals surface area contributed by atoms with Gasteiger partial charge in [0.15, 0.2) is 0 Å². The van der Waals surface area contributed by atoms with Crippen LogP contribution in [-0.2, 0) is 26.2 Å². The van der Waals surface area contributed by atoms with Crippen LogP contribution in [0, 0.1) is 5.82 Å². The van der Waals surface area contributed by atoms with Crippen LogP contribution in [0.4, 0.5) is 4.39 Å². The summed E-state index contributed by atoms with van der Waals surface area (Å²) in [7, 11) is 0. The van der Waals surface area contributed by atoms with Crippen molar-refractivity contribution in [3.8, 4) is 0 Å². The van der Waals surface area contributed by atoms with Crippen molar-refractivity contribution < 1.29 is 4.39 Å². The molecule has 0 radical (unpaired) electrons. The Hall–Kier alpha value is -2.53. The quantitative estimate of drug-likeness (QED) is 0.326. The fraction of sp³-hybridized carbons (Fsp3) is 0.259. The first-order chi connectivity index (χ1) is 15.3. The molecule has 3 aromatic carbocycles. The van der Waals surface area contributed by atoms with Gasteiger partial charge in [0.25, 0.3) is 0 Å². The lowest BCUT2D eigenvalue weighted by molar-refractivity contribution is 0.248. The maximum Gasteiger partial charge on any atom is 0.132 e. The van der Waals surface area contributed by atoms with E-state index in [1.807, 2.05) is 12.1 Å². The summed E-state index contributed by atoms with van der Waals surface area (Å²) in [4.78, 5) is 3.69. The Kier molecular flexibility index (Phi) is 6.12. The van der Waals surface area contributed by atoms with Gasteiger partial charge in [0.2, 0.25) is 0 Å². The molecule has 158 valence electrons. The highest BCUT2D eigenvalue weighted by molar-refractivity contribution is 7.19. The van der Waals surface area contributed by atoms with Crippen molar-refractivity contribution in [1.29, 1.82) is 0 Å². The van der Waals surface area contributed by atoms with E-state index in [-0.39, 0.29) is 5.82 Å². The lowest BCUT2D eigenvalue weighted by Crippen LogP contribution is -2.24. The predicted octanol–water partition coefficient (Wildman–Crippen LogP) is 6.49. The number of halogens is 1. The second-order valence-corrected chi connectivity index (χ2v) is 9.53. The third-order valence-electron chi connectivity index (χ3n) is 5.86. The van der Waals surface area contributed by atoms with Crippen molar-refractivity contribution in [2.24, 2.45) is 0 Å². The van der Waals surface area contributed by atoms with Crippen molar-refractivity contribution in [3.05, 3.63) is 106 Å². The monoisotopic (exact) mass is 430 g/mol. The maximum absolute atomic E-state index is 14.9. The molecule has 1 aliphatic rings. The Morgan fingerprint density at radius 3 is 2.06 bits per heavy atom. The van der Waals surface area contributed by atoms with Crippen LogP contribution in [0.1, 0.15) is 34.4 Å². The van der Waals surface area contributed by atoms with Crippen molar-refractivity contribution in [2.75, 3.05) is 0 Å². The van der Waals surface area contributed by atoms with Gasteiger partial charge in [0, 0.05) is 47.2 Å². The fourth-order valence-corrected chi connectivity index (χ4v) is 5.31. The summed E-state index contributed by atoms with van der Waals surface area (Å²) in [5.41, 5.74) is 3.69. The standard InChI is InChI=1S/C27H27FN2S/c28-24-12-7-13-25-27(24)23(26(31-25)16-29-22-14-15-22)19-30(17-20-8-3-1-4-9-20)18-21-10-5-2-6-11-21/h1-13,22,29H,14-19H2. The van der Waals surface area contributed by atoms with Gasteiger partial charge in [-0.05, 0) is 41.7 Å². The van der Waals surface area contributed by atoms with E-state index in [9.17, 15) is 4.39 Å². The Balaban J connectivity index is 1.48. The Bertz CT molecular complexity index is 1090. The normalized spacial score (nSPS) is 13.9. The third kappa shape index (κ3) is 5.04. The summed E-state index contributed by atoms with van der Waals surface area (Å²) < 4.78 is 16.0. The van der Waals surface area contributed by atoms with Crippen molar-refractivity contribution in [1.82, 2.24) is 10.2 Å². The van der Waals surface area contributed by atoms with Gasteiger partial charge in [-0.25, -0.2) is 4.39 Å². The minimum absolute atomic E-state index is 0.110. The molecule has 0 bridgehead atoms. The number of fused-ring (bicyclic) bond motifs is 1. The Morgan fingerprint density at radius 1 is 0.806 bits per heavy atom. The topological polar surface area (TPSA) is 15.3 Å². The Labute approximate surface area is 187 Å². The van der Waals surface area contributed by atoms with E-state index in [0.29, 0.717) is 6.04 Å². The van der Waals surface area contributed by atoms with Gasteiger partial charge >= 0.3 is 0 Å². The number of nitrogens with one attached hydrogen (secondary N) is 1. The molecular formula is C27H27FN2S. The van der Waals surface area contributed by atoms with Gasteiger partial charge in [-0.2, -0.15) is 0 Å². The minimum atomic E-state index is -0.110. The molecule has 0 amide bonds. The molecule has 0 saturated heterocycles. The molecule has 2 nitrogen and oxygen atoms in total. The molecular weight excluding hydrogens is 403 g/mol. The van der Waals surface area contributed by atoms with Gasteiger partial charge in [-0.3, -0.25) is 4.90 Å². The smallest absolute Gasteiger partial charge is 0.132 e. The van der Waals surface area contributed by atoms with Crippen LogP contribution in [0.3, 0.4) is 0 Å². The number of rotatable bonds is 9. The highest BCUT2D eigenvalue weighted by atomic mass is 32.1. The van der Waals surface area contributed by atoms with Crippen LogP contribution in [-0.4, -0.2) is 10.9 Å². The van der Waals surface area contributed by atoms with Gasteiger partial charge in [-0.1, -0.05) is 66.7 Å². The highest BCUT2D eigenvalue weighted by Crippen LogP contribution is 2.35. The lowest BCUT2D eigenvalue weighted by Gasteiger charge is -2.23. The summed E-state index contributed by atoms with van der Waals surface area (Å²) in [6.07, 6.45) is 2.51. The molecule has 0 aliphatic heterocycles. The zero-order valence-corrected chi connectivity index (χ0v) is 18.4. The van der Waals surface area contributed by atoms with Gasteiger partial charge in [0.1, 0.15) is 5.82 Å². The first kappa shape index (κ1) is 20.4. The lowest BCUT2D eigenvalue weighted by atomic mass is 10.1. The van der Waals surface area contributed by atoms with E-state index < -0.39 is 0 Å². The number of hydrogen-bond donors (Lipinski definition) is 1. The summed E-state index contributed by atoms with van der Waals surface area (Å²) in [6, 6.07) is 27.2. The largest absolute Gasteiger partial charge is 0.309 e. The molecule has 0 unspecified atom stereocenters. The zero-order valence-electron chi connectivity index (χ0n) is 17.6. The van der Waals surface area contributed by atoms with Crippen molar-refractivity contribution >= 4 is 21.4 Å². The maximum atomic E-state index is 14.9. The average molecular weight is 431 g/mol. The summed E-state index contributed by atoms with van der Waals surface area (Å²) in [5, 5.41) is 4.43. The second kappa shape index (κ2) is 9.31. The molecule has 0 spiro atoms. The summed E-state index contributed by atoms with van der Waals surface area (Å²) in [5.74, 6) is -0.110. The molecule has 4 aromatic rings. The molecule has 4 heteroatoms. The molecule has 5 rings (SSSR count). The molecule has 1 N–H and O–H groups in total. The van der Waals surface area contributed by atoms with Crippen LogP contribution >= 0.6 is 11.3 Å². The minimum Gasteiger partial charge on any atom is -0.309 e. The van der Waals surface area contributed by atoms with E-state index in [0.717, 1.165) is 41.8 Å². The van der Waals surface area contributed by atoms with Crippen molar-refractivity contribution in [3.63, 3.8) is 0 Å². The van der Waals surface area contributed by atoms with Gasteiger partial charge in [-0.15, -0.1) is 11.3 Å². The van der Waals surface area contributed by atoms with Crippen LogP contribution in [0.15, 0.2) is 78.9 Å². The first-order valence-electron chi connectivity index (χ1n) is 11.0. The predicted molar refractivity (Wildman–Crippen MR) is 127 cm³/mol. The second-order valence-electron chi connectivity index (χ2n) is 8.39.